The molecule has 0 atom stereocenters. The van der Waals surface area contributed by atoms with E-state index in [1.807, 2.05) is 6.07 Å². The highest BCUT2D eigenvalue weighted by Crippen LogP contribution is 2.27. The highest BCUT2D eigenvalue weighted by atomic mass is 35.5. The first-order valence-electron chi connectivity index (χ1n) is 5.92. The van der Waals surface area contributed by atoms with Crippen LogP contribution in [0.5, 0.6) is 0 Å². The fourth-order valence-electron chi connectivity index (χ4n) is 1.86. The summed E-state index contributed by atoms with van der Waals surface area (Å²) in [7, 11) is 0. The minimum absolute atomic E-state index is 0.0240. The summed E-state index contributed by atoms with van der Waals surface area (Å²) in [6.45, 7) is 4.80. The van der Waals surface area contributed by atoms with Crippen molar-refractivity contribution in [3.05, 3.63) is 62.9 Å². The van der Waals surface area contributed by atoms with Gasteiger partial charge >= 0.3 is 0 Å². The maximum atomic E-state index is 13.3. The lowest BCUT2D eigenvalue weighted by Gasteiger charge is -2.11. The van der Waals surface area contributed by atoms with Crippen LogP contribution in [0.3, 0.4) is 0 Å². The van der Waals surface area contributed by atoms with E-state index >= 15 is 0 Å². The standard InChI is InChI=1S/C15H14Cl2FN/c1-9-4-3-5-11(10(9)2)8-19-12-6-13(16)15(18)14(17)7-12/h3-7,19H,8H2,1-2H3. The van der Waals surface area contributed by atoms with Crippen LogP contribution in [0.4, 0.5) is 10.1 Å². The third-order valence-electron chi connectivity index (χ3n) is 3.18. The molecule has 0 spiro atoms. The van der Waals surface area contributed by atoms with Gasteiger partial charge in [-0.3, -0.25) is 0 Å². The second-order valence-electron chi connectivity index (χ2n) is 4.47. The Bertz CT molecular complexity index is 588. The molecule has 0 heterocycles. The van der Waals surface area contributed by atoms with Crippen molar-refractivity contribution < 1.29 is 4.39 Å². The molecule has 19 heavy (non-hydrogen) atoms. The second-order valence-corrected chi connectivity index (χ2v) is 5.28. The minimum Gasteiger partial charge on any atom is -0.381 e. The summed E-state index contributed by atoms with van der Waals surface area (Å²) in [5.74, 6) is -0.583. The lowest BCUT2D eigenvalue weighted by molar-refractivity contribution is 0.629. The summed E-state index contributed by atoms with van der Waals surface area (Å²) < 4.78 is 13.3. The van der Waals surface area contributed by atoms with Gasteiger partial charge in [0.1, 0.15) is 0 Å². The Hall–Kier alpha value is -1.25. The van der Waals surface area contributed by atoms with Crippen LogP contribution >= 0.6 is 23.2 Å². The molecule has 1 nitrogen and oxygen atoms in total. The SMILES string of the molecule is Cc1cccc(CNc2cc(Cl)c(F)c(Cl)c2)c1C. The lowest BCUT2D eigenvalue weighted by Crippen LogP contribution is -2.02. The van der Waals surface area contributed by atoms with Crippen LogP contribution in [-0.2, 0) is 6.54 Å². The number of hydrogen-bond acceptors (Lipinski definition) is 1. The minimum atomic E-state index is -0.583. The van der Waals surface area contributed by atoms with Crippen LogP contribution in [0, 0.1) is 19.7 Å². The van der Waals surface area contributed by atoms with E-state index in [4.69, 9.17) is 23.2 Å². The van der Waals surface area contributed by atoms with Gasteiger partial charge in [0, 0.05) is 12.2 Å². The van der Waals surface area contributed by atoms with Crippen LogP contribution in [0.15, 0.2) is 30.3 Å². The molecular formula is C15H14Cl2FN. The molecule has 0 saturated carbocycles. The van der Waals surface area contributed by atoms with Crippen molar-refractivity contribution in [2.24, 2.45) is 0 Å². The van der Waals surface area contributed by atoms with Crippen LogP contribution in [-0.4, -0.2) is 0 Å². The number of rotatable bonds is 3. The van der Waals surface area contributed by atoms with E-state index in [-0.39, 0.29) is 10.0 Å². The van der Waals surface area contributed by atoms with Gasteiger partial charge in [-0.05, 0) is 42.7 Å². The number of benzene rings is 2. The molecule has 0 unspecified atom stereocenters. The Balaban J connectivity index is 2.17. The van der Waals surface area contributed by atoms with Gasteiger partial charge in [-0.15, -0.1) is 0 Å². The highest BCUT2D eigenvalue weighted by Gasteiger charge is 2.08. The zero-order chi connectivity index (χ0) is 14.0. The van der Waals surface area contributed by atoms with Crippen molar-refractivity contribution in [1.82, 2.24) is 0 Å². The zero-order valence-electron chi connectivity index (χ0n) is 10.7. The molecule has 0 fully saturated rings. The van der Waals surface area contributed by atoms with Crippen molar-refractivity contribution in [1.29, 1.82) is 0 Å². The van der Waals surface area contributed by atoms with Gasteiger partial charge in [-0.25, -0.2) is 4.39 Å². The maximum Gasteiger partial charge on any atom is 0.160 e. The lowest BCUT2D eigenvalue weighted by atomic mass is 10.0. The highest BCUT2D eigenvalue weighted by molar-refractivity contribution is 6.35. The fourth-order valence-corrected chi connectivity index (χ4v) is 2.35. The molecular weight excluding hydrogens is 284 g/mol. The van der Waals surface area contributed by atoms with E-state index < -0.39 is 5.82 Å². The Morgan fingerprint density at radius 2 is 1.74 bits per heavy atom. The Labute approximate surface area is 122 Å². The van der Waals surface area contributed by atoms with E-state index in [1.54, 1.807) is 0 Å². The number of anilines is 1. The number of nitrogens with one attached hydrogen (secondary N) is 1. The molecule has 0 saturated heterocycles. The van der Waals surface area contributed by atoms with Gasteiger partial charge in [0.05, 0.1) is 10.0 Å². The number of aryl methyl sites for hydroxylation is 1. The molecule has 0 amide bonds. The molecule has 100 valence electrons. The quantitative estimate of drug-likeness (QED) is 0.752. The van der Waals surface area contributed by atoms with Crippen molar-refractivity contribution in [2.45, 2.75) is 20.4 Å². The average molecular weight is 298 g/mol. The molecule has 1 N–H and O–H groups in total. The maximum absolute atomic E-state index is 13.3. The summed E-state index contributed by atoms with van der Waals surface area (Å²) >= 11 is 11.5. The first-order chi connectivity index (χ1) is 8.99. The molecule has 0 bridgehead atoms. The van der Waals surface area contributed by atoms with Crippen molar-refractivity contribution in [2.75, 3.05) is 5.32 Å². The predicted octanol–water partition coefficient (Wildman–Crippen LogP) is 5.36. The Morgan fingerprint density at radius 1 is 1.11 bits per heavy atom. The third kappa shape index (κ3) is 3.20. The first-order valence-corrected chi connectivity index (χ1v) is 6.68. The van der Waals surface area contributed by atoms with Gasteiger partial charge in [-0.1, -0.05) is 41.4 Å². The largest absolute Gasteiger partial charge is 0.381 e. The monoisotopic (exact) mass is 297 g/mol. The van der Waals surface area contributed by atoms with Crippen molar-refractivity contribution in [3.8, 4) is 0 Å². The molecule has 2 rings (SSSR count). The molecule has 2 aromatic rings. The molecule has 0 radical (unpaired) electrons. The van der Waals surface area contributed by atoms with Crippen LogP contribution in [0.25, 0.3) is 0 Å². The molecule has 0 aliphatic carbocycles. The summed E-state index contributed by atoms with van der Waals surface area (Å²) in [5.41, 5.74) is 4.39. The number of halogens is 3. The smallest absolute Gasteiger partial charge is 0.160 e. The van der Waals surface area contributed by atoms with Gasteiger partial charge in [0.2, 0.25) is 0 Å². The summed E-state index contributed by atoms with van der Waals surface area (Å²) in [6, 6.07) is 9.22. The third-order valence-corrected chi connectivity index (χ3v) is 3.73. The van der Waals surface area contributed by atoms with E-state index in [9.17, 15) is 4.39 Å². The van der Waals surface area contributed by atoms with Crippen LogP contribution in [0.1, 0.15) is 16.7 Å². The van der Waals surface area contributed by atoms with Gasteiger partial charge in [0.25, 0.3) is 0 Å². The second kappa shape index (κ2) is 5.81. The van der Waals surface area contributed by atoms with Gasteiger partial charge in [-0.2, -0.15) is 0 Å². The molecule has 0 aliphatic heterocycles. The molecule has 4 heteroatoms. The Kier molecular flexibility index (Phi) is 4.33. The summed E-state index contributed by atoms with van der Waals surface area (Å²) in [5, 5.41) is 3.25. The van der Waals surface area contributed by atoms with E-state index in [0.717, 1.165) is 0 Å². The van der Waals surface area contributed by atoms with Gasteiger partial charge in [0.15, 0.2) is 5.82 Å². The van der Waals surface area contributed by atoms with Crippen LogP contribution in [0.2, 0.25) is 10.0 Å². The molecule has 2 aromatic carbocycles. The average Bonchev–Trinajstić information content (AvgIpc) is 2.37. The molecule has 0 aromatic heterocycles. The van der Waals surface area contributed by atoms with E-state index in [1.165, 1.54) is 28.8 Å². The zero-order valence-corrected chi connectivity index (χ0v) is 12.2. The molecule has 0 aliphatic rings. The fraction of sp³-hybridized carbons (Fsp3) is 0.200. The number of hydrogen-bond donors (Lipinski definition) is 1. The Morgan fingerprint density at radius 3 is 2.37 bits per heavy atom. The predicted molar refractivity (Wildman–Crippen MR) is 79.7 cm³/mol. The topological polar surface area (TPSA) is 12.0 Å². The first kappa shape index (κ1) is 14.2. The normalized spacial score (nSPS) is 10.6. The summed E-state index contributed by atoms with van der Waals surface area (Å²) in [6.07, 6.45) is 0. The van der Waals surface area contributed by atoms with Crippen molar-refractivity contribution in [3.63, 3.8) is 0 Å². The summed E-state index contributed by atoms with van der Waals surface area (Å²) in [4.78, 5) is 0. The van der Waals surface area contributed by atoms with Crippen molar-refractivity contribution >= 4 is 28.9 Å². The van der Waals surface area contributed by atoms with Crippen LogP contribution < -0.4 is 5.32 Å². The van der Waals surface area contributed by atoms with E-state index in [0.29, 0.717) is 12.2 Å². The van der Waals surface area contributed by atoms with E-state index in [2.05, 4.69) is 31.3 Å². The van der Waals surface area contributed by atoms with Gasteiger partial charge < -0.3 is 5.32 Å².